The summed E-state index contributed by atoms with van der Waals surface area (Å²) in [6, 6.07) is 12.5. The smallest absolute Gasteiger partial charge is 0.341 e. The number of esters is 1. The Morgan fingerprint density at radius 1 is 1.19 bits per heavy atom. The minimum Gasteiger partial charge on any atom is -0.497 e. The van der Waals surface area contributed by atoms with E-state index in [0.717, 1.165) is 14.9 Å². The van der Waals surface area contributed by atoms with Crippen molar-refractivity contribution in [3.05, 3.63) is 75.4 Å². The maximum Gasteiger partial charge on any atom is 0.341 e. The minimum absolute atomic E-state index is 0.210. The van der Waals surface area contributed by atoms with Crippen molar-refractivity contribution in [2.45, 2.75) is 13.5 Å². The summed E-state index contributed by atoms with van der Waals surface area (Å²) >= 11 is 2.04. The van der Waals surface area contributed by atoms with Crippen LogP contribution in [0.15, 0.2) is 54.9 Å². The van der Waals surface area contributed by atoms with Crippen LogP contribution in [0.4, 0.5) is 15.8 Å². The first-order valence-corrected chi connectivity index (χ1v) is 10.9. The fourth-order valence-corrected chi connectivity index (χ4v) is 3.72. The monoisotopic (exact) mass is 546 g/mol. The van der Waals surface area contributed by atoms with Gasteiger partial charge in [0.25, 0.3) is 0 Å². The van der Waals surface area contributed by atoms with Crippen molar-refractivity contribution < 1.29 is 18.7 Å². The number of benzene rings is 2. The van der Waals surface area contributed by atoms with Crippen molar-refractivity contribution in [2.75, 3.05) is 19.0 Å². The molecule has 0 spiro atoms. The van der Waals surface area contributed by atoms with E-state index in [0.29, 0.717) is 23.3 Å². The second kappa shape index (κ2) is 9.51. The second-order valence-corrected chi connectivity index (χ2v) is 8.15. The van der Waals surface area contributed by atoms with Crippen molar-refractivity contribution in [3.63, 3.8) is 0 Å². The molecule has 0 bridgehead atoms. The van der Waals surface area contributed by atoms with E-state index in [1.807, 2.05) is 46.9 Å². The quantitative estimate of drug-likeness (QED) is 0.255. The lowest BCUT2D eigenvalue weighted by Gasteiger charge is -2.13. The van der Waals surface area contributed by atoms with Crippen LogP contribution in [-0.2, 0) is 11.3 Å². The average molecular weight is 546 g/mol. The number of anilines is 2. The summed E-state index contributed by atoms with van der Waals surface area (Å²) in [5.74, 6) is -0.206. The Bertz CT molecular complexity index is 1270. The third-order valence-electron chi connectivity index (χ3n) is 4.84. The Morgan fingerprint density at radius 3 is 2.66 bits per heavy atom. The molecule has 0 saturated carbocycles. The van der Waals surface area contributed by atoms with Crippen LogP contribution in [-0.4, -0.2) is 34.5 Å². The molecule has 2 aromatic carbocycles. The van der Waals surface area contributed by atoms with Crippen LogP contribution in [0.2, 0.25) is 0 Å². The first-order chi connectivity index (χ1) is 15.5. The zero-order valence-corrected chi connectivity index (χ0v) is 19.6. The highest BCUT2D eigenvalue weighted by Crippen LogP contribution is 2.31. The molecule has 0 fully saturated rings. The van der Waals surface area contributed by atoms with E-state index in [1.54, 1.807) is 37.0 Å². The van der Waals surface area contributed by atoms with E-state index in [4.69, 9.17) is 9.47 Å². The lowest BCUT2D eigenvalue weighted by molar-refractivity contribution is 0.0527. The summed E-state index contributed by atoms with van der Waals surface area (Å²) in [6.07, 6.45) is 3.04. The van der Waals surface area contributed by atoms with Gasteiger partial charge in [-0.1, -0.05) is 12.1 Å². The zero-order chi connectivity index (χ0) is 22.7. The molecule has 0 atom stereocenters. The van der Waals surface area contributed by atoms with Gasteiger partial charge in [0.05, 0.1) is 43.2 Å². The lowest BCUT2D eigenvalue weighted by atomic mass is 10.1. The van der Waals surface area contributed by atoms with E-state index < -0.39 is 11.8 Å². The molecule has 164 valence electrons. The van der Waals surface area contributed by atoms with Gasteiger partial charge in [0, 0.05) is 9.77 Å². The van der Waals surface area contributed by atoms with E-state index in [2.05, 4.69) is 15.4 Å². The number of nitrogens with one attached hydrogen (secondary N) is 1. The summed E-state index contributed by atoms with van der Waals surface area (Å²) in [5.41, 5.74) is 2.41. The topological polar surface area (TPSA) is 78.3 Å². The molecule has 2 aromatic heterocycles. The Balaban J connectivity index is 1.77. The maximum atomic E-state index is 14.5. The zero-order valence-electron chi connectivity index (χ0n) is 17.4. The van der Waals surface area contributed by atoms with Gasteiger partial charge in [0.1, 0.15) is 17.1 Å². The van der Waals surface area contributed by atoms with Gasteiger partial charge < -0.3 is 14.8 Å². The number of carbonyl (C=O) groups excluding carboxylic acids is 1. The van der Waals surface area contributed by atoms with Crippen molar-refractivity contribution in [1.29, 1.82) is 0 Å². The molecule has 4 aromatic rings. The Labute approximate surface area is 197 Å². The van der Waals surface area contributed by atoms with E-state index in [-0.39, 0.29) is 17.9 Å². The first-order valence-electron chi connectivity index (χ1n) is 9.86. The van der Waals surface area contributed by atoms with Gasteiger partial charge in [0.15, 0.2) is 5.65 Å². The number of aromatic nitrogens is 3. The Morgan fingerprint density at radius 2 is 1.97 bits per heavy atom. The third kappa shape index (κ3) is 4.52. The van der Waals surface area contributed by atoms with E-state index in [1.165, 1.54) is 12.3 Å². The normalized spacial score (nSPS) is 10.9. The predicted octanol–water partition coefficient (Wildman–Crippen LogP) is 5.15. The highest BCUT2D eigenvalue weighted by Gasteiger charge is 2.20. The first kappa shape index (κ1) is 22.0. The van der Waals surface area contributed by atoms with E-state index in [9.17, 15) is 9.18 Å². The van der Waals surface area contributed by atoms with Gasteiger partial charge in [-0.15, -0.1) is 0 Å². The summed E-state index contributed by atoms with van der Waals surface area (Å²) in [7, 11) is 1.62. The van der Waals surface area contributed by atoms with Crippen molar-refractivity contribution in [2.24, 2.45) is 0 Å². The van der Waals surface area contributed by atoms with Gasteiger partial charge in [-0.05, 0) is 65.4 Å². The molecule has 0 amide bonds. The number of carbonyl (C=O) groups is 1. The molecule has 0 unspecified atom stereocenters. The number of ether oxygens (including phenoxy) is 2. The molecular weight excluding hydrogens is 526 g/mol. The Hall–Kier alpha value is -3.21. The fraction of sp³-hybridized carbons (Fsp3) is 0.174. The highest BCUT2D eigenvalue weighted by molar-refractivity contribution is 14.1. The molecule has 7 nitrogen and oxygen atoms in total. The molecule has 32 heavy (non-hydrogen) atoms. The standard InChI is InChI=1S/C23H20FIN4O3/c1-3-32-23(30)18-11-26-22-17(21(18)28-20-9-6-15(25)10-19(20)24)12-27-29(22)13-14-4-7-16(31-2)8-5-14/h4-12H,3,13H2,1-2H3,(H,26,28). The fourth-order valence-electron chi connectivity index (χ4n) is 3.27. The molecule has 0 aliphatic carbocycles. The third-order valence-corrected chi connectivity index (χ3v) is 5.51. The maximum absolute atomic E-state index is 14.5. The van der Waals surface area contributed by atoms with Crippen molar-refractivity contribution in [1.82, 2.24) is 14.8 Å². The number of pyridine rings is 1. The van der Waals surface area contributed by atoms with Crippen molar-refractivity contribution in [3.8, 4) is 5.75 Å². The predicted molar refractivity (Wildman–Crippen MR) is 128 cm³/mol. The number of hydrogen-bond donors (Lipinski definition) is 1. The Kier molecular flexibility index (Phi) is 6.54. The van der Waals surface area contributed by atoms with Crippen LogP contribution in [0.1, 0.15) is 22.8 Å². The van der Waals surface area contributed by atoms with E-state index >= 15 is 0 Å². The van der Waals surface area contributed by atoms with Gasteiger partial charge in [-0.2, -0.15) is 5.10 Å². The number of nitrogens with zero attached hydrogens (tertiary/aromatic N) is 3. The molecule has 2 heterocycles. The molecule has 4 rings (SSSR count). The van der Waals surface area contributed by atoms with Gasteiger partial charge in [-0.3, -0.25) is 0 Å². The van der Waals surface area contributed by atoms with Gasteiger partial charge in [-0.25, -0.2) is 18.9 Å². The summed E-state index contributed by atoms with van der Waals surface area (Å²) in [6.45, 7) is 2.41. The largest absolute Gasteiger partial charge is 0.497 e. The molecule has 0 aliphatic rings. The van der Waals surface area contributed by atoms with Crippen LogP contribution >= 0.6 is 22.6 Å². The average Bonchev–Trinajstić information content (AvgIpc) is 3.19. The summed E-state index contributed by atoms with van der Waals surface area (Å²) in [4.78, 5) is 17.0. The molecule has 0 saturated heterocycles. The van der Waals surface area contributed by atoms with Crippen LogP contribution in [0.25, 0.3) is 11.0 Å². The van der Waals surface area contributed by atoms with Crippen LogP contribution in [0, 0.1) is 9.39 Å². The summed E-state index contributed by atoms with van der Waals surface area (Å²) in [5, 5.41) is 8.09. The number of fused-ring (bicyclic) bond motifs is 1. The number of methoxy groups -OCH3 is 1. The van der Waals surface area contributed by atoms with Gasteiger partial charge >= 0.3 is 5.97 Å². The lowest BCUT2D eigenvalue weighted by Crippen LogP contribution is -2.10. The summed E-state index contributed by atoms with van der Waals surface area (Å²) < 4.78 is 27.4. The number of halogens is 2. The molecule has 0 radical (unpaired) electrons. The molecular formula is C23H20FIN4O3. The SMILES string of the molecule is CCOC(=O)c1cnc2c(cnn2Cc2ccc(OC)cc2)c1Nc1ccc(I)cc1F. The molecule has 9 heteroatoms. The minimum atomic E-state index is -0.543. The number of hydrogen-bond acceptors (Lipinski definition) is 6. The van der Waals surface area contributed by atoms with Crippen LogP contribution in [0.5, 0.6) is 5.75 Å². The van der Waals surface area contributed by atoms with Crippen molar-refractivity contribution >= 4 is 51.0 Å². The van der Waals surface area contributed by atoms with Gasteiger partial charge in [0.2, 0.25) is 0 Å². The molecule has 0 aliphatic heterocycles. The van der Waals surface area contributed by atoms with Crippen LogP contribution in [0.3, 0.4) is 0 Å². The van der Waals surface area contributed by atoms with Crippen LogP contribution < -0.4 is 10.1 Å². The number of rotatable bonds is 7. The molecule has 1 N–H and O–H groups in total. The second-order valence-electron chi connectivity index (χ2n) is 6.90. The highest BCUT2D eigenvalue weighted by atomic mass is 127.